The molecule has 0 spiro atoms. The van der Waals surface area contributed by atoms with E-state index < -0.39 is 49.1 Å². The minimum absolute atomic E-state index is 0.0628. The van der Waals surface area contributed by atoms with Gasteiger partial charge < -0.3 is 37.6 Å². The number of likely N-dealkylation sites (tertiary alicyclic amines) is 1. The number of carboxylic acids is 1. The Balaban J connectivity index is 0.000000455. The number of nitrogens with zero attached hydrogens (tertiary/aromatic N) is 1. The fraction of sp³-hybridized carbons (Fsp3) is 0.750. The van der Waals surface area contributed by atoms with E-state index >= 15 is 0 Å². The summed E-state index contributed by atoms with van der Waals surface area (Å²) in [5, 5.41) is 9.18. The summed E-state index contributed by atoms with van der Waals surface area (Å²) in [6, 6.07) is 4.72. The molecule has 1 aliphatic heterocycles. The Bertz CT molecular complexity index is 1540. The Morgan fingerprint density at radius 1 is 0.641 bits per heavy atom. The summed E-state index contributed by atoms with van der Waals surface area (Å²) in [5.41, 5.74) is 0. The van der Waals surface area contributed by atoms with Crippen LogP contribution in [0.4, 0.5) is 18.0 Å². The van der Waals surface area contributed by atoms with Gasteiger partial charge in [0.25, 0.3) is 11.9 Å². The SMILES string of the molecule is CCCCCCCCCCCCCCOc1ccc(C(=O)OC(C)OC(=O)N2CCCC2C(=O)O)o1.CCCCCCCCCCCCCCOc1ccc(C(=O)OCC(F)(F)F)o1. The van der Waals surface area contributed by atoms with Gasteiger partial charge in [-0.05, 0) is 37.8 Å². The van der Waals surface area contributed by atoms with Crippen LogP contribution in [0.3, 0.4) is 0 Å². The molecule has 0 aromatic carbocycles. The van der Waals surface area contributed by atoms with E-state index in [0.717, 1.165) is 37.0 Å². The highest BCUT2D eigenvalue weighted by Gasteiger charge is 2.36. The second kappa shape index (κ2) is 34.0. The number of hydrogen-bond donors (Lipinski definition) is 1. The largest absolute Gasteiger partial charge is 0.480 e. The van der Waals surface area contributed by atoms with Gasteiger partial charge in [-0.15, -0.1) is 0 Å². The summed E-state index contributed by atoms with van der Waals surface area (Å²) in [7, 11) is 0. The maximum absolute atomic E-state index is 12.3. The Labute approximate surface area is 378 Å². The molecule has 1 saturated heterocycles. The minimum Gasteiger partial charge on any atom is -0.480 e. The Kier molecular flexibility index (Phi) is 29.7. The Hall–Kier alpha value is -4.37. The molecule has 16 heteroatoms. The lowest BCUT2D eigenvalue weighted by molar-refractivity contribution is -0.161. The first kappa shape index (κ1) is 55.8. The lowest BCUT2D eigenvalue weighted by atomic mass is 10.1. The number of carboxylic acid groups (broad SMARTS) is 1. The van der Waals surface area contributed by atoms with Crippen molar-refractivity contribution >= 4 is 24.0 Å². The van der Waals surface area contributed by atoms with Crippen molar-refractivity contribution in [3.05, 3.63) is 35.8 Å². The first-order chi connectivity index (χ1) is 30.8. The van der Waals surface area contributed by atoms with Crippen molar-refractivity contribution in [1.82, 2.24) is 4.90 Å². The second-order valence-corrected chi connectivity index (χ2v) is 16.5. The van der Waals surface area contributed by atoms with Gasteiger partial charge in [-0.2, -0.15) is 13.2 Å². The number of furan rings is 2. The van der Waals surface area contributed by atoms with E-state index in [2.05, 4.69) is 18.6 Å². The van der Waals surface area contributed by atoms with Crippen LogP contribution in [0.5, 0.6) is 11.9 Å². The standard InChI is InChI=1S/C27H43NO8.C21H33F3O4/c1-3-4-5-6-7-8-9-10-11-12-13-14-20-33-24-18-17-23(36-24)26(31)34-21(2)35-27(32)28-19-15-16-22(28)25(29)30;1-2-3-4-5-6-7-8-9-10-11-12-13-16-26-19-15-14-18(28-19)20(25)27-17-21(22,23)24/h17-18,21-22H,3-16,19-20H2,1-2H3,(H,29,30);14-15H,2-13,16-17H2,1H3. The highest BCUT2D eigenvalue weighted by atomic mass is 19.4. The maximum Gasteiger partial charge on any atom is 0.422 e. The number of alkyl halides is 3. The van der Waals surface area contributed by atoms with Crippen LogP contribution >= 0.6 is 0 Å². The van der Waals surface area contributed by atoms with Crippen LogP contribution in [0.2, 0.25) is 0 Å². The molecule has 2 atom stereocenters. The fourth-order valence-corrected chi connectivity index (χ4v) is 7.15. The number of hydrogen-bond acceptors (Lipinski definition) is 11. The Morgan fingerprint density at radius 3 is 1.45 bits per heavy atom. The monoisotopic (exact) mass is 916 g/mol. The molecular formula is C48H76F3NO12. The number of esters is 2. The molecule has 1 aliphatic rings. The van der Waals surface area contributed by atoms with Crippen LogP contribution < -0.4 is 9.47 Å². The molecule has 13 nitrogen and oxygen atoms in total. The zero-order chi connectivity index (χ0) is 46.8. The molecule has 2 aromatic heterocycles. The third-order valence-corrected chi connectivity index (χ3v) is 10.7. The van der Waals surface area contributed by atoms with E-state index in [1.165, 1.54) is 147 Å². The van der Waals surface area contributed by atoms with Gasteiger partial charge in [0.2, 0.25) is 17.8 Å². The second-order valence-electron chi connectivity index (χ2n) is 16.5. The fourth-order valence-electron chi connectivity index (χ4n) is 7.15. The van der Waals surface area contributed by atoms with E-state index in [-0.39, 0.29) is 30.0 Å². The Morgan fingerprint density at radius 2 is 1.05 bits per heavy atom. The van der Waals surface area contributed by atoms with Gasteiger partial charge in [0.1, 0.15) is 6.04 Å². The van der Waals surface area contributed by atoms with Gasteiger partial charge in [-0.3, -0.25) is 4.90 Å². The summed E-state index contributed by atoms with van der Waals surface area (Å²) in [5.74, 6) is -3.05. The van der Waals surface area contributed by atoms with E-state index in [0.29, 0.717) is 26.1 Å². The lowest BCUT2D eigenvalue weighted by Gasteiger charge is -2.22. The van der Waals surface area contributed by atoms with Crippen LogP contribution in [0.15, 0.2) is 33.1 Å². The minimum atomic E-state index is -4.56. The van der Waals surface area contributed by atoms with Gasteiger partial charge in [0.15, 0.2) is 6.61 Å². The predicted molar refractivity (Wildman–Crippen MR) is 236 cm³/mol. The number of ether oxygens (including phenoxy) is 5. The smallest absolute Gasteiger partial charge is 0.422 e. The summed E-state index contributed by atoms with van der Waals surface area (Å²) in [6.07, 6.45) is 24.5. The summed E-state index contributed by atoms with van der Waals surface area (Å²) in [6.45, 7) is 5.46. The van der Waals surface area contributed by atoms with Gasteiger partial charge in [-0.25, -0.2) is 19.2 Å². The molecule has 3 heterocycles. The lowest BCUT2D eigenvalue weighted by Crippen LogP contribution is -2.42. The van der Waals surface area contributed by atoms with Crippen molar-refractivity contribution in [2.75, 3.05) is 26.4 Å². The third kappa shape index (κ3) is 26.4. The van der Waals surface area contributed by atoms with Crippen LogP contribution in [0, 0.1) is 0 Å². The molecule has 0 aliphatic carbocycles. The van der Waals surface area contributed by atoms with E-state index in [1.807, 2.05) is 0 Å². The quantitative estimate of drug-likeness (QED) is 0.0402. The normalized spacial score (nSPS) is 14.1. The first-order valence-corrected chi connectivity index (χ1v) is 23.9. The van der Waals surface area contributed by atoms with Crippen LogP contribution in [0.25, 0.3) is 0 Å². The zero-order valence-electron chi connectivity index (χ0n) is 38.7. The van der Waals surface area contributed by atoms with Crippen molar-refractivity contribution in [2.45, 2.75) is 206 Å². The highest BCUT2D eigenvalue weighted by Crippen LogP contribution is 2.23. The number of unbranched alkanes of at least 4 members (excludes halogenated alkanes) is 22. The molecule has 1 fully saturated rings. The number of aliphatic carboxylic acids is 1. The van der Waals surface area contributed by atoms with Crippen molar-refractivity contribution in [1.29, 1.82) is 0 Å². The van der Waals surface area contributed by atoms with E-state index in [4.69, 9.17) is 27.8 Å². The molecule has 0 radical (unpaired) electrons. The number of rotatable bonds is 34. The van der Waals surface area contributed by atoms with Crippen LogP contribution in [0.1, 0.15) is 209 Å². The number of carbonyl (C=O) groups excluding carboxylic acids is 3. The summed E-state index contributed by atoms with van der Waals surface area (Å²) < 4.78 is 71.7. The molecule has 2 unspecified atom stereocenters. The molecule has 1 N–H and O–H groups in total. The van der Waals surface area contributed by atoms with Crippen molar-refractivity contribution in [3.63, 3.8) is 0 Å². The van der Waals surface area contributed by atoms with Gasteiger partial charge >= 0.3 is 30.2 Å². The van der Waals surface area contributed by atoms with Gasteiger partial charge in [-0.1, -0.05) is 155 Å². The zero-order valence-corrected chi connectivity index (χ0v) is 38.7. The van der Waals surface area contributed by atoms with Crippen LogP contribution in [-0.2, 0) is 19.0 Å². The maximum atomic E-state index is 12.3. The van der Waals surface area contributed by atoms with Crippen molar-refractivity contribution in [3.8, 4) is 11.9 Å². The molecule has 0 bridgehead atoms. The molecule has 0 saturated carbocycles. The van der Waals surface area contributed by atoms with E-state index in [1.54, 1.807) is 6.07 Å². The number of halogens is 3. The van der Waals surface area contributed by atoms with Gasteiger partial charge in [0, 0.05) is 25.6 Å². The summed E-state index contributed by atoms with van der Waals surface area (Å²) in [4.78, 5) is 48.2. The number of carbonyl (C=O) groups is 4. The number of amides is 1. The molecule has 3 rings (SSSR count). The molecule has 64 heavy (non-hydrogen) atoms. The third-order valence-electron chi connectivity index (χ3n) is 10.7. The van der Waals surface area contributed by atoms with Crippen LogP contribution in [-0.4, -0.2) is 78.9 Å². The molecule has 366 valence electrons. The highest BCUT2D eigenvalue weighted by molar-refractivity contribution is 5.87. The average Bonchev–Trinajstić information content (AvgIpc) is 4.06. The van der Waals surface area contributed by atoms with Crippen molar-refractivity contribution in [2.24, 2.45) is 0 Å². The molecule has 1 amide bonds. The summed E-state index contributed by atoms with van der Waals surface area (Å²) >= 11 is 0. The predicted octanol–water partition coefficient (Wildman–Crippen LogP) is 13.6. The van der Waals surface area contributed by atoms with E-state index in [9.17, 15) is 37.5 Å². The van der Waals surface area contributed by atoms with Gasteiger partial charge in [0.05, 0.1) is 13.2 Å². The average molecular weight is 916 g/mol. The first-order valence-electron chi connectivity index (χ1n) is 23.9. The molecular weight excluding hydrogens is 840 g/mol. The van der Waals surface area contributed by atoms with Crippen molar-refractivity contribution < 1.29 is 70.0 Å². The molecule has 2 aromatic rings. The topological polar surface area (TPSA) is 164 Å².